The van der Waals surface area contributed by atoms with Crippen LogP contribution in [0.2, 0.25) is 0 Å². The fraction of sp³-hybridized carbons (Fsp3) is 0.526. The number of fused-ring (bicyclic) bond motifs is 1. The minimum Gasteiger partial charge on any atom is -0.399 e. The van der Waals surface area contributed by atoms with E-state index in [1.165, 1.54) is 25.7 Å². The molecule has 0 spiro atoms. The molecule has 37 heteroatoms. The van der Waals surface area contributed by atoms with Crippen molar-refractivity contribution in [1.82, 2.24) is 15.1 Å². The summed E-state index contributed by atoms with van der Waals surface area (Å²) >= 11 is 20.1. The number of morpholine rings is 1. The maximum atomic E-state index is 11.9. The first kappa shape index (κ1) is 101. The molecule has 13 N–H and O–H groups in total. The summed E-state index contributed by atoms with van der Waals surface area (Å²) in [6.07, 6.45) is 4.90. The zero-order chi connectivity index (χ0) is 73.8. The van der Waals surface area contributed by atoms with Gasteiger partial charge in [-0.3, -0.25) is 28.4 Å². The number of amides is 2. The molecule has 523 valence electrons. The molecule has 2 aromatic carbocycles. The third-order valence-electron chi connectivity index (χ3n) is 12.1. The van der Waals surface area contributed by atoms with E-state index in [0.717, 1.165) is 55.3 Å². The third kappa shape index (κ3) is 41.9. The molecule has 1 radical (unpaired) electrons. The van der Waals surface area contributed by atoms with Crippen LogP contribution in [0, 0.1) is 27.0 Å². The second-order valence-electron chi connectivity index (χ2n) is 20.3. The van der Waals surface area contributed by atoms with E-state index in [4.69, 9.17) is 72.4 Å². The number of hydrogen-bond acceptors (Lipinski definition) is 19. The third-order valence-corrected chi connectivity index (χ3v) is 16.7. The molecule has 4 saturated heterocycles. The molecule has 4 fully saturated rings. The molecule has 94 heavy (non-hydrogen) atoms. The second-order valence-corrected chi connectivity index (χ2v) is 23.1. The van der Waals surface area contributed by atoms with Crippen molar-refractivity contribution in [3.8, 4) is 0 Å². The Kier molecular flexibility index (Phi) is 58.9. The van der Waals surface area contributed by atoms with Gasteiger partial charge in [0.25, 0.3) is 5.91 Å². The number of aryl methyl sites for hydroxylation is 2. The van der Waals surface area contributed by atoms with Gasteiger partial charge in [-0.15, -0.1) is 17.0 Å². The maximum absolute atomic E-state index is 11.9. The predicted molar refractivity (Wildman–Crippen MR) is 375 cm³/mol. The summed E-state index contributed by atoms with van der Waals surface area (Å²) in [5, 5.41) is 70.8. The number of likely N-dealkylation sites (tertiary alicyclic amines) is 1. The Morgan fingerprint density at radius 1 is 0.862 bits per heavy atom. The van der Waals surface area contributed by atoms with Gasteiger partial charge in [0.1, 0.15) is 23.7 Å². The van der Waals surface area contributed by atoms with Crippen LogP contribution in [-0.2, 0) is 54.3 Å². The number of halogens is 7. The number of nitrogens with zero attached hydrogens (tertiary/aromatic N) is 6. The number of aliphatic hydroxyl groups is 3. The van der Waals surface area contributed by atoms with E-state index in [1.807, 2.05) is 25.5 Å². The van der Waals surface area contributed by atoms with Crippen molar-refractivity contribution in [3.05, 3.63) is 106 Å². The molecular weight excluding hydrogens is 1620 g/mol. The summed E-state index contributed by atoms with van der Waals surface area (Å²) in [6.45, 7) is 35.0. The first-order chi connectivity index (χ1) is 43.0. The number of nitrogens with two attached hydrogens (primary N) is 2. The van der Waals surface area contributed by atoms with Crippen LogP contribution < -0.4 is 46.5 Å². The van der Waals surface area contributed by atoms with E-state index in [0.29, 0.717) is 53.0 Å². The number of ketones is 1. The first-order valence-corrected chi connectivity index (χ1v) is 31.8. The van der Waals surface area contributed by atoms with Crippen LogP contribution in [0.25, 0.3) is 15.3 Å². The van der Waals surface area contributed by atoms with Gasteiger partial charge in [0, 0.05) is 52.3 Å². The number of anilines is 1. The summed E-state index contributed by atoms with van der Waals surface area (Å²) in [6, 6.07) is 9.30. The van der Waals surface area contributed by atoms with Crippen LogP contribution in [0.1, 0.15) is 98.1 Å². The number of allylic oxidation sites excluding steroid dienone is 1. The van der Waals surface area contributed by atoms with Crippen molar-refractivity contribution in [3.63, 3.8) is 0 Å². The number of carboxylic acids is 4. The fourth-order valence-electron chi connectivity index (χ4n) is 6.71. The topological polar surface area (TPSA) is 430 Å². The van der Waals surface area contributed by atoms with Crippen LogP contribution in [0.5, 0.6) is 0 Å². The maximum Gasteiger partial charge on any atom is 1.00 e. The van der Waals surface area contributed by atoms with E-state index in [2.05, 4.69) is 122 Å². The predicted octanol–water partition coefficient (Wildman–Crippen LogP) is 5.82. The molecule has 0 aliphatic carbocycles. The molecule has 4 heterocycles. The molecule has 0 aromatic heterocycles. The molecule has 0 bridgehead atoms. The molecule has 4 aliphatic rings. The SMILES string of the molecule is Br.C=C(C)C(=O)Cl.C=C(C)C(=O)N1CCC[C@@H]1C(=O)O.C[C@@]1(CBr)OC(=O)C2CCCN2C1=O.C[C@](O)(CBr)C(=O)O.C[C@](O)(CBr)C(=O)O.N[N-]O.O=C(O)[C@H]1CCCN1.[2H]CF.[B]=NS.[C-]#[N+]c1ccc(CC(=O)[C@@](C)(O)CBr)cc1C.[C-]#[N+]c1ccc(N)cc1C.[Na+]. The number of hydrogen-bond donors (Lipinski definition) is 12. The molecule has 2 aromatic rings. The van der Waals surface area contributed by atoms with Gasteiger partial charge in [-0.1, -0.05) is 101 Å². The first-order valence-electron chi connectivity index (χ1n) is 27.3. The van der Waals surface area contributed by atoms with Crippen molar-refractivity contribution >= 4 is 183 Å². The monoisotopic (exact) mass is 1700 g/mol. The van der Waals surface area contributed by atoms with Crippen LogP contribution in [0.3, 0.4) is 0 Å². The molecule has 1 unspecified atom stereocenters. The zero-order valence-corrected chi connectivity index (χ0v) is 65.1. The number of nitrogen functional groups attached to an aromatic ring is 1. The Morgan fingerprint density at radius 3 is 1.60 bits per heavy atom. The molecule has 27 nitrogen and oxygen atoms in total. The van der Waals surface area contributed by atoms with Gasteiger partial charge in [-0.25, -0.2) is 28.9 Å². The van der Waals surface area contributed by atoms with E-state index >= 15 is 0 Å². The summed E-state index contributed by atoms with van der Waals surface area (Å²) in [7, 11) is 3.34. The number of Topliss-reactive ketones (excluding diaryl/α,β-unsaturated/α-hetero) is 1. The minimum atomic E-state index is -1.62. The second kappa shape index (κ2) is 54.8. The van der Waals surface area contributed by atoms with Crippen molar-refractivity contribution in [2.24, 2.45) is 10.1 Å². The number of alkyl halides is 5. The van der Waals surface area contributed by atoms with Crippen LogP contribution in [0.4, 0.5) is 21.5 Å². The number of benzene rings is 2. The van der Waals surface area contributed by atoms with Gasteiger partial charge in [0.15, 0.2) is 34.0 Å². The van der Waals surface area contributed by atoms with E-state index < -0.39 is 64.7 Å². The number of carbonyl (C=O) groups is 9. The quantitative estimate of drug-likeness (QED) is 0.0107. The van der Waals surface area contributed by atoms with E-state index in [9.17, 15) is 52.6 Å². The number of ether oxygens (including phenoxy) is 1. The molecular formula is C57H83BBr5ClFN9NaO18S. The average molecular weight is 1700 g/mol. The number of nitrogens with one attached hydrogen (secondary N) is 1. The number of carboxylic acid groups (broad SMARTS) is 4. The summed E-state index contributed by atoms with van der Waals surface area (Å²) in [5.41, 5.74) is 7.26. The van der Waals surface area contributed by atoms with Gasteiger partial charge >= 0.3 is 84.2 Å². The number of thiol groups is 1. The van der Waals surface area contributed by atoms with Gasteiger partial charge in [0.2, 0.25) is 11.1 Å². The standard InChI is InChI=1S/C13H14BrNO2.C9H12BrNO3.C9H13NO3.C8H8N2.C5H9NO2.2C4H7BrO3.C4H5ClO.CH3F.BHNS.BrH.H3N2O.Na/c1-9-6-10(4-5-11(9)15-3)7-12(16)13(2,17)8-14;1-9(5-10)8(13)11-4-2-3-6(11)7(12)14-9;1-6(2)8(11)10-5-3-4-7(10)9(12)13;1-6-5-7(9)3-4-8(6)10-2;7-5(8)4-2-1-3-6-4;2*1-4(8,2-5)3(6)7;1-3(2)4(5)6;1-2;1-2-3;;1-2-3;/h4-6,17H,7-8H2,1-2H3;6H,2-5H2,1H3;7H,1,3-5H2,2H3,(H,12,13);3-5H,9H2,1H3;4,6H,1-3H2,(H,7,8);2*8H,2H2,1H3,(H,6,7);1H2,2H3;1H3;3H;1H;3H,1H2;/q;;;;;;;;;;;-1;+1/t13-;6?,9-;7-;;3*4-;;;;;;/m001.100....../s1/i;;;;;;;;1D;;;;. The number of rotatable bonds is 13. The normalized spacial score (nSPS) is 18.3. The van der Waals surface area contributed by atoms with Gasteiger partial charge < -0.3 is 78.0 Å². The van der Waals surface area contributed by atoms with Crippen molar-refractivity contribution in [2.45, 2.75) is 141 Å². The number of esters is 1. The Bertz CT molecular complexity index is 2850. The van der Waals surface area contributed by atoms with Crippen molar-refractivity contribution in [1.29, 1.82) is 0 Å². The Balaban J connectivity index is -0.000000185. The molecule has 4 aliphatic heterocycles. The van der Waals surface area contributed by atoms with Gasteiger partial charge in [-0.05, 0) is 141 Å². The van der Waals surface area contributed by atoms with Crippen LogP contribution >= 0.6 is 105 Å². The number of carbonyl (C=O) groups excluding carboxylic acids is 5. The smallest absolute Gasteiger partial charge is 0.399 e. The van der Waals surface area contributed by atoms with E-state index in [1.54, 1.807) is 56.0 Å². The van der Waals surface area contributed by atoms with Crippen molar-refractivity contribution in [2.75, 3.05) is 53.8 Å². The van der Waals surface area contributed by atoms with Gasteiger partial charge in [-0.2, -0.15) is 0 Å². The Hall–Kier alpha value is -4.12. The minimum absolute atomic E-state index is 0. The van der Waals surface area contributed by atoms with E-state index in [-0.39, 0.29) is 105 Å². The summed E-state index contributed by atoms with van der Waals surface area (Å²) in [5.74, 6) is -0.854. The average Bonchev–Trinajstić information content (AvgIpc) is 1.74. The molecule has 7 atom stereocenters. The summed E-state index contributed by atoms with van der Waals surface area (Å²) < 4.78 is 23.4. The Morgan fingerprint density at radius 2 is 1.29 bits per heavy atom. The Labute approximate surface area is 627 Å². The van der Waals surface area contributed by atoms with Crippen molar-refractivity contribution < 1.29 is 124 Å². The largest absolute Gasteiger partial charge is 1.00 e. The van der Waals surface area contributed by atoms with Crippen LogP contribution in [-0.4, -0.2) is 200 Å². The fourth-order valence-corrected chi connectivity index (χ4v) is 7.85. The number of aliphatic carboxylic acids is 4. The molecule has 2 amide bonds. The number of cyclic esters (lactones) is 1. The molecule has 0 saturated carbocycles. The van der Waals surface area contributed by atoms with Crippen LogP contribution in [0.15, 0.2) is 65.0 Å². The summed E-state index contributed by atoms with van der Waals surface area (Å²) in [4.78, 5) is 107. The molecule has 6 rings (SSSR count). The van der Waals surface area contributed by atoms with Gasteiger partial charge in [0.05, 0.1) is 27.0 Å². The zero-order valence-electron chi connectivity index (χ0n) is 54.4.